The summed E-state index contributed by atoms with van der Waals surface area (Å²) in [4.78, 5) is 10.7. The molecule has 0 aliphatic rings. The summed E-state index contributed by atoms with van der Waals surface area (Å²) in [5, 5.41) is 0. The highest BCUT2D eigenvalue weighted by Gasteiger charge is 2.16. The third kappa shape index (κ3) is 2.46. The number of carbonyl (C=O) groups excluding carboxylic acids is 1. The lowest BCUT2D eigenvalue weighted by molar-refractivity contribution is -0.145. The zero-order chi connectivity index (χ0) is 7.44. The zero-order valence-electron chi connectivity index (χ0n) is 6.05. The minimum Gasteiger partial charge on any atom is -0.469 e. The number of rotatable bonds is 2. The molecule has 0 bridgehead atoms. The first-order valence-corrected chi connectivity index (χ1v) is 2.93. The Balaban J connectivity index is 3.72. The summed E-state index contributed by atoms with van der Waals surface area (Å²) in [7, 11) is 1.36. The van der Waals surface area contributed by atoms with Gasteiger partial charge >= 0.3 is 5.97 Å². The average Bonchev–Trinajstić information content (AvgIpc) is 1.84. The van der Waals surface area contributed by atoms with E-state index in [9.17, 15) is 4.79 Å². The molecule has 0 amide bonds. The van der Waals surface area contributed by atoms with Gasteiger partial charge in [-0.15, -0.1) is 0 Å². The molecule has 0 aromatic heterocycles. The van der Waals surface area contributed by atoms with Crippen LogP contribution in [-0.4, -0.2) is 19.1 Å². The van der Waals surface area contributed by atoms with Crippen molar-refractivity contribution in [2.45, 2.75) is 19.9 Å². The van der Waals surface area contributed by atoms with E-state index in [1.807, 2.05) is 0 Å². The van der Waals surface area contributed by atoms with Crippen LogP contribution in [0.1, 0.15) is 13.8 Å². The van der Waals surface area contributed by atoms with Crippen LogP contribution in [0.4, 0.5) is 0 Å². The Morgan fingerprint density at radius 2 is 2.00 bits per heavy atom. The highest BCUT2D eigenvalue weighted by Crippen LogP contribution is 2.00. The van der Waals surface area contributed by atoms with E-state index in [1.165, 1.54) is 7.11 Å². The van der Waals surface area contributed by atoms with E-state index in [0.29, 0.717) is 0 Å². The molecule has 54 valence electrons. The Labute approximate surface area is 55.2 Å². The van der Waals surface area contributed by atoms with Gasteiger partial charge in [0.25, 0.3) is 0 Å². The molecule has 9 heavy (non-hydrogen) atoms. The minimum atomic E-state index is -0.245. The summed E-state index contributed by atoms with van der Waals surface area (Å²) in [5.41, 5.74) is 5.41. The first-order chi connectivity index (χ1) is 4.09. The van der Waals surface area contributed by atoms with Crippen LogP contribution in [0.3, 0.4) is 0 Å². The fraction of sp³-hybridized carbons (Fsp3) is 0.833. The Morgan fingerprint density at radius 3 is 2.11 bits per heavy atom. The number of methoxy groups -OCH3 is 1. The molecule has 0 fully saturated rings. The van der Waals surface area contributed by atoms with Crippen LogP contribution in [0.2, 0.25) is 0 Å². The normalized spacial score (nSPS) is 16.4. The third-order valence-electron chi connectivity index (χ3n) is 1.36. The van der Waals surface area contributed by atoms with Crippen molar-refractivity contribution in [2.24, 2.45) is 11.7 Å². The van der Waals surface area contributed by atoms with E-state index in [-0.39, 0.29) is 17.9 Å². The summed E-state index contributed by atoms with van der Waals surface area (Å²) < 4.78 is 4.45. The molecule has 0 radical (unpaired) electrons. The second-order valence-electron chi connectivity index (χ2n) is 2.17. The molecule has 0 rings (SSSR count). The van der Waals surface area contributed by atoms with Gasteiger partial charge in [0.1, 0.15) is 0 Å². The van der Waals surface area contributed by atoms with E-state index < -0.39 is 0 Å². The number of ether oxygens (including phenoxy) is 1. The third-order valence-corrected chi connectivity index (χ3v) is 1.36. The van der Waals surface area contributed by atoms with E-state index in [0.717, 1.165) is 0 Å². The van der Waals surface area contributed by atoms with Crippen LogP contribution >= 0.6 is 0 Å². The van der Waals surface area contributed by atoms with Crippen LogP contribution < -0.4 is 5.73 Å². The lowest BCUT2D eigenvalue weighted by atomic mass is 10.1. The lowest BCUT2D eigenvalue weighted by Gasteiger charge is -2.11. The summed E-state index contributed by atoms with van der Waals surface area (Å²) in [5.74, 6) is -0.444. The predicted molar refractivity (Wildman–Crippen MR) is 34.8 cm³/mol. The quantitative estimate of drug-likeness (QED) is 0.542. The second-order valence-corrected chi connectivity index (χ2v) is 2.17. The number of hydrogen-bond acceptors (Lipinski definition) is 3. The number of nitrogens with two attached hydrogens (primary N) is 1. The van der Waals surface area contributed by atoms with Crippen molar-refractivity contribution in [1.82, 2.24) is 0 Å². The molecule has 0 aliphatic carbocycles. The van der Waals surface area contributed by atoms with Crippen molar-refractivity contribution in [1.29, 1.82) is 0 Å². The molecule has 0 aliphatic heterocycles. The fourth-order valence-corrected chi connectivity index (χ4v) is 0.401. The Hall–Kier alpha value is -0.570. The highest BCUT2D eigenvalue weighted by atomic mass is 16.5. The minimum absolute atomic E-state index is 0.127. The summed E-state index contributed by atoms with van der Waals surface area (Å²) in [6.45, 7) is 3.53. The van der Waals surface area contributed by atoms with Gasteiger partial charge in [-0.25, -0.2) is 0 Å². The Kier molecular flexibility index (Phi) is 3.24. The zero-order valence-corrected chi connectivity index (χ0v) is 6.05. The van der Waals surface area contributed by atoms with Gasteiger partial charge in [-0.3, -0.25) is 4.79 Å². The summed E-state index contributed by atoms with van der Waals surface area (Å²) in [6, 6.07) is -0.127. The molecule has 0 unspecified atom stereocenters. The molecule has 2 N–H and O–H groups in total. The highest BCUT2D eigenvalue weighted by molar-refractivity contribution is 5.72. The van der Waals surface area contributed by atoms with Gasteiger partial charge in [0.05, 0.1) is 13.0 Å². The first-order valence-electron chi connectivity index (χ1n) is 2.93. The molecule has 2 atom stereocenters. The first kappa shape index (κ1) is 8.43. The van der Waals surface area contributed by atoms with E-state index >= 15 is 0 Å². The standard InChI is InChI=1S/C6H13NO2/c1-4(5(2)7)6(8)9-3/h4-5H,7H2,1-3H3/t4-,5-/m0/s1. The molecule has 0 heterocycles. The van der Waals surface area contributed by atoms with Gasteiger partial charge in [-0.2, -0.15) is 0 Å². The molecular weight excluding hydrogens is 118 g/mol. The van der Waals surface area contributed by atoms with Crippen molar-refractivity contribution in [3.63, 3.8) is 0 Å². The van der Waals surface area contributed by atoms with Gasteiger partial charge in [-0.1, -0.05) is 6.92 Å². The maximum absolute atomic E-state index is 10.7. The van der Waals surface area contributed by atoms with Crippen LogP contribution in [0, 0.1) is 5.92 Å². The summed E-state index contributed by atoms with van der Waals surface area (Å²) >= 11 is 0. The number of carbonyl (C=O) groups is 1. The number of hydrogen-bond donors (Lipinski definition) is 1. The van der Waals surface area contributed by atoms with Crippen molar-refractivity contribution in [2.75, 3.05) is 7.11 Å². The summed E-state index contributed by atoms with van der Waals surface area (Å²) in [6.07, 6.45) is 0. The Bertz CT molecular complexity index is 101. The monoisotopic (exact) mass is 131 g/mol. The lowest BCUT2D eigenvalue weighted by Crippen LogP contribution is -2.31. The van der Waals surface area contributed by atoms with Crippen LogP contribution in [-0.2, 0) is 9.53 Å². The van der Waals surface area contributed by atoms with Gasteiger partial charge in [0.2, 0.25) is 0 Å². The van der Waals surface area contributed by atoms with Crippen LogP contribution in [0.25, 0.3) is 0 Å². The van der Waals surface area contributed by atoms with Crippen molar-refractivity contribution in [3.05, 3.63) is 0 Å². The average molecular weight is 131 g/mol. The fourth-order valence-electron chi connectivity index (χ4n) is 0.401. The molecule has 0 saturated carbocycles. The smallest absolute Gasteiger partial charge is 0.309 e. The van der Waals surface area contributed by atoms with Crippen molar-refractivity contribution >= 4 is 5.97 Å². The maximum atomic E-state index is 10.7. The van der Waals surface area contributed by atoms with Crippen LogP contribution in [0.5, 0.6) is 0 Å². The molecule has 0 spiro atoms. The maximum Gasteiger partial charge on any atom is 0.309 e. The SMILES string of the molecule is COC(=O)[C@@H](C)[C@H](C)N. The van der Waals surface area contributed by atoms with Crippen LogP contribution in [0.15, 0.2) is 0 Å². The molecular formula is C6H13NO2. The van der Waals surface area contributed by atoms with Crippen molar-refractivity contribution in [3.8, 4) is 0 Å². The predicted octanol–water partition coefficient (Wildman–Crippen LogP) is 0.143. The Morgan fingerprint density at radius 1 is 1.56 bits per heavy atom. The van der Waals surface area contributed by atoms with E-state index in [2.05, 4.69) is 4.74 Å². The molecule has 0 aromatic carbocycles. The van der Waals surface area contributed by atoms with Crippen molar-refractivity contribution < 1.29 is 9.53 Å². The second kappa shape index (κ2) is 3.45. The topological polar surface area (TPSA) is 52.3 Å². The number of esters is 1. The van der Waals surface area contributed by atoms with Gasteiger partial charge in [0.15, 0.2) is 0 Å². The molecule has 0 saturated heterocycles. The van der Waals surface area contributed by atoms with E-state index in [4.69, 9.17) is 5.73 Å². The largest absolute Gasteiger partial charge is 0.469 e. The van der Waals surface area contributed by atoms with Gasteiger partial charge in [0, 0.05) is 6.04 Å². The molecule has 3 heteroatoms. The molecule has 3 nitrogen and oxygen atoms in total. The van der Waals surface area contributed by atoms with Gasteiger partial charge < -0.3 is 10.5 Å². The van der Waals surface area contributed by atoms with Gasteiger partial charge in [-0.05, 0) is 6.92 Å². The van der Waals surface area contributed by atoms with E-state index in [1.54, 1.807) is 13.8 Å². The molecule has 0 aromatic rings.